The third kappa shape index (κ3) is 6.33. The third-order valence-electron chi connectivity index (χ3n) is 4.16. The molecule has 2 aromatic rings. The molecule has 0 aromatic heterocycles. The number of hydrogen-bond acceptors (Lipinski definition) is 3. The predicted molar refractivity (Wildman–Crippen MR) is 102 cm³/mol. The van der Waals surface area contributed by atoms with Gasteiger partial charge in [-0.15, -0.1) is 0 Å². The predicted octanol–water partition coefficient (Wildman–Crippen LogP) is 3.29. The Morgan fingerprint density at radius 2 is 1.61 bits per heavy atom. The van der Waals surface area contributed by atoms with Crippen LogP contribution in [-0.4, -0.2) is 35.9 Å². The fourth-order valence-electron chi connectivity index (χ4n) is 2.52. The summed E-state index contributed by atoms with van der Waals surface area (Å²) in [4.78, 5) is 26.5. The lowest BCUT2D eigenvalue weighted by molar-refractivity contribution is -0.142. The fraction of sp³-hybridized carbons (Fsp3) is 0.333. The molecule has 0 fully saturated rings. The van der Waals surface area contributed by atoms with Crippen molar-refractivity contribution in [3.8, 4) is 5.75 Å². The molecule has 0 aliphatic carbocycles. The highest BCUT2D eigenvalue weighted by molar-refractivity contribution is 5.87. The van der Waals surface area contributed by atoms with Crippen molar-refractivity contribution < 1.29 is 23.1 Å². The van der Waals surface area contributed by atoms with Crippen LogP contribution in [0.15, 0.2) is 48.5 Å². The number of ether oxygens (including phenoxy) is 1. The Balaban J connectivity index is 2.10. The van der Waals surface area contributed by atoms with Crippen LogP contribution < -0.4 is 10.1 Å². The van der Waals surface area contributed by atoms with Gasteiger partial charge in [0.1, 0.15) is 23.4 Å². The minimum atomic E-state index is -0.735. The van der Waals surface area contributed by atoms with Crippen LogP contribution >= 0.6 is 0 Å². The smallest absolute Gasteiger partial charge is 0.261 e. The lowest BCUT2D eigenvalue weighted by Gasteiger charge is -2.28. The van der Waals surface area contributed by atoms with Gasteiger partial charge in [-0.1, -0.05) is 19.1 Å². The normalized spacial score (nSPS) is 11.6. The SMILES string of the molecule is CCCNC(=O)C(C)N(Cc1ccc(F)cc1)C(=O)COc1ccc(F)cc1. The molecule has 0 radical (unpaired) electrons. The number of amides is 2. The molecule has 0 aliphatic heterocycles. The molecule has 150 valence electrons. The van der Waals surface area contributed by atoms with Gasteiger partial charge in [0.15, 0.2) is 6.61 Å². The second kappa shape index (κ2) is 10.4. The molecule has 0 spiro atoms. The number of rotatable bonds is 9. The summed E-state index contributed by atoms with van der Waals surface area (Å²) in [5.74, 6) is -1.13. The summed E-state index contributed by atoms with van der Waals surface area (Å²) in [5.41, 5.74) is 0.687. The summed E-state index contributed by atoms with van der Waals surface area (Å²) in [6.45, 7) is 3.89. The second-order valence-corrected chi connectivity index (χ2v) is 6.36. The van der Waals surface area contributed by atoms with Gasteiger partial charge in [-0.05, 0) is 55.3 Å². The van der Waals surface area contributed by atoms with E-state index in [4.69, 9.17) is 4.74 Å². The lowest BCUT2D eigenvalue weighted by atomic mass is 10.1. The molecule has 5 nitrogen and oxygen atoms in total. The van der Waals surface area contributed by atoms with Gasteiger partial charge in [-0.3, -0.25) is 9.59 Å². The number of carbonyl (C=O) groups excluding carboxylic acids is 2. The zero-order valence-electron chi connectivity index (χ0n) is 16.0. The molecule has 0 bridgehead atoms. The summed E-state index contributed by atoms with van der Waals surface area (Å²) in [6, 6.07) is 10.3. The Morgan fingerprint density at radius 3 is 2.18 bits per heavy atom. The Morgan fingerprint density at radius 1 is 1.04 bits per heavy atom. The van der Waals surface area contributed by atoms with Gasteiger partial charge < -0.3 is 15.0 Å². The summed E-state index contributed by atoms with van der Waals surface area (Å²) in [7, 11) is 0. The molecular weight excluding hydrogens is 366 g/mol. The van der Waals surface area contributed by atoms with Crippen molar-refractivity contribution in [2.75, 3.05) is 13.2 Å². The van der Waals surface area contributed by atoms with Crippen molar-refractivity contribution in [1.29, 1.82) is 0 Å². The minimum absolute atomic E-state index is 0.132. The van der Waals surface area contributed by atoms with E-state index >= 15 is 0 Å². The standard InChI is InChI=1S/C21H24F2N2O3/c1-3-12-24-21(27)15(2)25(13-16-4-6-17(22)7-5-16)20(26)14-28-19-10-8-18(23)9-11-19/h4-11,15H,3,12-14H2,1-2H3,(H,24,27). The summed E-state index contributed by atoms with van der Waals surface area (Å²) in [5, 5.41) is 2.77. The molecule has 2 amide bonds. The zero-order valence-corrected chi connectivity index (χ0v) is 16.0. The van der Waals surface area contributed by atoms with E-state index < -0.39 is 17.8 Å². The Bertz CT molecular complexity index is 779. The van der Waals surface area contributed by atoms with Crippen molar-refractivity contribution >= 4 is 11.8 Å². The second-order valence-electron chi connectivity index (χ2n) is 6.36. The van der Waals surface area contributed by atoms with Gasteiger partial charge in [0, 0.05) is 13.1 Å². The van der Waals surface area contributed by atoms with E-state index in [1.807, 2.05) is 6.92 Å². The van der Waals surface area contributed by atoms with E-state index in [9.17, 15) is 18.4 Å². The van der Waals surface area contributed by atoms with Crippen LogP contribution in [0.25, 0.3) is 0 Å². The van der Waals surface area contributed by atoms with Gasteiger partial charge in [0.2, 0.25) is 5.91 Å². The first kappa shape index (κ1) is 21.3. The number of carbonyl (C=O) groups is 2. The van der Waals surface area contributed by atoms with Gasteiger partial charge in [0.25, 0.3) is 5.91 Å². The number of benzene rings is 2. The fourth-order valence-corrected chi connectivity index (χ4v) is 2.52. The minimum Gasteiger partial charge on any atom is -0.484 e. The molecule has 1 N–H and O–H groups in total. The molecule has 28 heavy (non-hydrogen) atoms. The molecular formula is C21H24F2N2O3. The summed E-state index contributed by atoms with van der Waals surface area (Å²) < 4.78 is 31.6. The first-order chi connectivity index (χ1) is 13.4. The maximum atomic E-state index is 13.2. The van der Waals surface area contributed by atoms with Crippen LogP contribution in [-0.2, 0) is 16.1 Å². The molecule has 0 saturated heterocycles. The average molecular weight is 390 g/mol. The highest BCUT2D eigenvalue weighted by atomic mass is 19.1. The monoisotopic (exact) mass is 390 g/mol. The number of hydrogen-bond donors (Lipinski definition) is 1. The Hall–Kier alpha value is -2.96. The summed E-state index contributed by atoms with van der Waals surface area (Å²) in [6.07, 6.45) is 0.776. The first-order valence-corrected chi connectivity index (χ1v) is 9.10. The van der Waals surface area contributed by atoms with E-state index in [1.165, 1.54) is 41.3 Å². The first-order valence-electron chi connectivity index (χ1n) is 9.10. The van der Waals surface area contributed by atoms with Crippen LogP contribution in [0.3, 0.4) is 0 Å². The topological polar surface area (TPSA) is 58.6 Å². The highest BCUT2D eigenvalue weighted by Gasteiger charge is 2.26. The maximum Gasteiger partial charge on any atom is 0.261 e. The quantitative estimate of drug-likeness (QED) is 0.715. The van der Waals surface area contributed by atoms with Gasteiger partial charge in [0.05, 0.1) is 0 Å². The van der Waals surface area contributed by atoms with Crippen molar-refractivity contribution in [2.45, 2.75) is 32.9 Å². The molecule has 0 heterocycles. The largest absolute Gasteiger partial charge is 0.484 e. The van der Waals surface area contributed by atoms with Crippen molar-refractivity contribution in [3.05, 3.63) is 65.7 Å². The van der Waals surface area contributed by atoms with E-state index in [1.54, 1.807) is 19.1 Å². The Labute approximate surface area is 163 Å². The molecule has 2 rings (SSSR count). The van der Waals surface area contributed by atoms with Gasteiger partial charge >= 0.3 is 0 Å². The van der Waals surface area contributed by atoms with Crippen LogP contribution in [0.2, 0.25) is 0 Å². The number of nitrogens with zero attached hydrogens (tertiary/aromatic N) is 1. The molecule has 1 atom stereocenters. The molecule has 0 aliphatic rings. The highest BCUT2D eigenvalue weighted by Crippen LogP contribution is 2.14. The summed E-state index contributed by atoms with van der Waals surface area (Å²) >= 11 is 0. The van der Waals surface area contributed by atoms with Crippen LogP contribution in [0, 0.1) is 11.6 Å². The van der Waals surface area contributed by atoms with E-state index in [0.29, 0.717) is 17.9 Å². The van der Waals surface area contributed by atoms with Crippen molar-refractivity contribution in [1.82, 2.24) is 10.2 Å². The molecule has 7 heteroatoms. The van der Waals surface area contributed by atoms with E-state index in [0.717, 1.165) is 6.42 Å². The molecule has 1 unspecified atom stereocenters. The van der Waals surface area contributed by atoms with Crippen molar-refractivity contribution in [2.24, 2.45) is 0 Å². The van der Waals surface area contributed by atoms with Crippen LogP contribution in [0.4, 0.5) is 8.78 Å². The molecule has 0 saturated carbocycles. The maximum absolute atomic E-state index is 13.2. The molecule has 2 aromatic carbocycles. The van der Waals surface area contributed by atoms with Crippen LogP contribution in [0.1, 0.15) is 25.8 Å². The van der Waals surface area contributed by atoms with E-state index in [-0.39, 0.29) is 24.9 Å². The lowest BCUT2D eigenvalue weighted by Crippen LogP contribution is -2.49. The third-order valence-corrected chi connectivity index (χ3v) is 4.16. The van der Waals surface area contributed by atoms with E-state index in [2.05, 4.69) is 5.32 Å². The van der Waals surface area contributed by atoms with Gasteiger partial charge in [-0.2, -0.15) is 0 Å². The zero-order chi connectivity index (χ0) is 20.5. The van der Waals surface area contributed by atoms with Crippen molar-refractivity contribution in [3.63, 3.8) is 0 Å². The number of nitrogens with one attached hydrogen (secondary N) is 1. The Kier molecular flexibility index (Phi) is 7.92. The van der Waals surface area contributed by atoms with Gasteiger partial charge in [-0.25, -0.2) is 8.78 Å². The average Bonchev–Trinajstić information content (AvgIpc) is 2.70. The number of halogens is 2. The van der Waals surface area contributed by atoms with Crippen LogP contribution in [0.5, 0.6) is 5.75 Å².